The number of carbonyl (C=O) groups excluding carboxylic acids is 3. The predicted molar refractivity (Wildman–Crippen MR) is 107 cm³/mol. The summed E-state index contributed by atoms with van der Waals surface area (Å²) in [5, 5.41) is 11.5. The van der Waals surface area contributed by atoms with Crippen molar-refractivity contribution in [3.63, 3.8) is 0 Å². The Labute approximate surface area is 167 Å². The molecule has 0 atom stereocenters. The number of aromatic nitrogens is 1. The molecule has 27 heavy (non-hydrogen) atoms. The number of thiazole rings is 1. The third-order valence-electron chi connectivity index (χ3n) is 3.27. The first-order chi connectivity index (χ1) is 13.1. The fourth-order valence-corrected chi connectivity index (χ4v) is 4.24. The maximum Gasteiger partial charge on any atom is 0.341 e. The molecule has 0 aliphatic rings. The van der Waals surface area contributed by atoms with E-state index in [2.05, 4.69) is 15.6 Å². The summed E-state index contributed by atoms with van der Waals surface area (Å²) in [6, 6.07) is 5.13. The lowest BCUT2D eigenvalue weighted by Crippen LogP contribution is -2.16. The quantitative estimate of drug-likeness (QED) is 0.564. The minimum Gasteiger partial charge on any atom is -0.462 e. The highest BCUT2D eigenvalue weighted by molar-refractivity contribution is 7.15. The van der Waals surface area contributed by atoms with Crippen LogP contribution < -0.4 is 10.6 Å². The Morgan fingerprint density at radius 3 is 2.70 bits per heavy atom. The number of rotatable bonds is 7. The zero-order valence-corrected chi connectivity index (χ0v) is 16.6. The fourth-order valence-electron chi connectivity index (χ4n) is 2.12. The largest absolute Gasteiger partial charge is 0.462 e. The van der Waals surface area contributed by atoms with Gasteiger partial charge in [-0.1, -0.05) is 6.07 Å². The number of amides is 2. The van der Waals surface area contributed by atoms with Gasteiger partial charge in [0.15, 0.2) is 5.13 Å². The third kappa shape index (κ3) is 5.00. The summed E-state index contributed by atoms with van der Waals surface area (Å²) in [6.45, 7) is 1.99. The Kier molecular flexibility index (Phi) is 6.32. The average Bonchev–Trinajstić information content (AvgIpc) is 3.36. The summed E-state index contributed by atoms with van der Waals surface area (Å²) < 4.78 is 4.96. The van der Waals surface area contributed by atoms with Gasteiger partial charge >= 0.3 is 5.97 Å². The van der Waals surface area contributed by atoms with E-state index in [0.29, 0.717) is 26.3 Å². The minimum atomic E-state index is -0.471. The number of hydrogen-bond acceptors (Lipinski definition) is 8. The molecule has 3 rings (SSSR count). The van der Waals surface area contributed by atoms with Gasteiger partial charge in [0.05, 0.1) is 29.2 Å². The average molecular weight is 422 g/mol. The molecule has 0 saturated carbocycles. The Morgan fingerprint density at radius 2 is 1.96 bits per heavy atom. The van der Waals surface area contributed by atoms with Crippen molar-refractivity contribution < 1.29 is 19.1 Å². The molecule has 7 nitrogen and oxygen atoms in total. The Balaban J connectivity index is 1.58. The van der Waals surface area contributed by atoms with Gasteiger partial charge in [0, 0.05) is 5.38 Å². The van der Waals surface area contributed by atoms with E-state index in [1.54, 1.807) is 35.9 Å². The van der Waals surface area contributed by atoms with Crippen LogP contribution in [0.25, 0.3) is 0 Å². The van der Waals surface area contributed by atoms with Crippen LogP contribution in [-0.2, 0) is 16.0 Å². The number of carbonyl (C=O) groups is 3. The van der Waals surface area contributed by atoms with Gasteiger partial charge in [-0.2, -0.15) is 0 Å². The number of nitrogens with one attached hydrogen (secondary N) is 2. The molecule has 3 heterocycles. The summed E-state index contributed by atoms with van der Waals surface area (Å²) in [4.78, 5) is 41.0. The smallest absolute Gasteiger partial charge is 0.341 e. The molecule has 3 aromatic rings. The first kappa shape index (κ1) is 19.2. The van der Waals surface area contributed by atoms with E-state index in [4.69, 9.17) is 4.74 Å². The van der Waals surface area contributed by atoms with Gasteiger partial charge in [0.1, 0.15) is 5.00 Å². The summed E-state index contributed by atoms with van der Waals surface area (Å²) in [7, 11) is 0. The summed E-state index contributed by atoms with van der Waals surface area (Å²) >= 11 is 3.84. The van der Waals surface area contributed by atoms with Gasteiger partial charge in [0.25, 0.3) is 5.91 Å². The van der Waals surface area contributed by atoms with Crippen molar-refractivity contribution in [3.8, 4) is 0 Å². The summed E-state index contributed by atoms with van der Waals surface area (Å²) in [5.74, 6) is -1.00. The van der Waals surface area contributed by atoms with Crippen LogP contribution in [0.1, 0.15) is 32.6 Å². The third-order valence-corrected chi connectivity index (χ3v) is 5.78. The van der Waals surface area contributed by atoms with Crippen LogP contribution in [0.3, 0.4) is 0 Å². The van der Waals surface area contributed by atoms with E-state index in [-0.39, 0.29) is 24.8 Å². The van der Waals surface area contributed by atoms with Crippen LogP contribution in [-0.4, -0.2) is 29.4 Å². The van der Waals surface area contributed by atoms with Crippen molar-refractivity contribution in [2.24, 2.45) is 0 Å². The molecule has 140 valence electrons. The monoisotopic (exact) mass is 421 g/mol. The highest BCUT2D eigenvalue weighted by atomic mass is 32.1. The zero-order valence-electron chi connectivity index (χ0n) is 14.2. The normalized spacial score (nSPS) is 10.4. The standard InChI is InChI=1S/C17H15N3O4S3/c1-2-24-16(23)11-5-7-26-15(11)19-13(21)8-10-9-27-17(18-10)20-14(22)12-4-3-6-25-12/h3-7,9H,2,8H2,1H3,(H,19,21)(H,18,20,22). The van der Waals surface area contributed by atoms with Crippen LogP contribution >= 0.6 is 34.0 Å². The second kappa shape index (κ2) is 8.89. The number of anilines is 2. The van der Waals surface area contributed by atoms with Crippen molar-refractivity contribution in [2.45, 2.75) is 13.3 Å². The van der Waals surface area contributed by atoms with Gasteiger partial charge < -0.3 is 10.1 Å². The molecule has 0 aromatic carbocycles. The van der Waals surface area contributed by atoms with Crippen LogP contribution in [0, 0.1) is 0 Å². The number of hydrogen-bond donors (Lipinski definition) is 2. The maximum absolute atomic E-state index is 12.3. The van der Waals surface area contributed by atoms with Crippen LogP contribution in [0.4, 0.5) is 10.1 Å². The lowest BCUT2D eigenvalue weighted by molar-refractivity contribution is -0.115. The van der Waals surface area contributed by atoms with Gasteiger partial charge in [0.2, 0.25) is 5.91 Å². The molecular formula is C17H15N3O4S3. The van der Waals surface area contributed by atoms with E-state index in [1.807, 2.05) is 5.38 Å². The highest BCUT2D eigenvalue weighted by Crippen LogP contribution is 2.25. The first-order valence-corrected chi connectivity index (χ1v) is 10.5. The molecule has 0 fully saturated rings. The van der Waals surface area contributed by atoms with Crippen molar-refractivity contribution in [1.82, 2.24) is 4.98 Å². The molecule has 0 radical (unpaired) electrons. The highest BCUT2D eigenvalue weighted by Gasteiger charge is 2.17. The Bertz CT molecular complexity index is 946. The number of thiophene rings is 2. The van der Waals surface area contributed by atoms with Crippen molar-refractivity contribution in [3.05, 3.63) is 50.5 Å². The van der Waals surface area contributed by atoms with E-state index >= 15 is 0 Å². The Morgan fingerprint density at radius 1 is 1.11 bits per heavy atom. The molecule has 2 amide bonds. The van der Waals surface area contributed by atoms with E-state index < -0.39 is 5.97 Å². The fraction of sp³-hybridized carbons (Fsp3) is 0.176. The second-order valence-electron chi connectivity index (χ2n) is 5.18. The molecule has 0 bridgehead atoms. The van der Waals surface area contributed by atoms with Crippen LogP contribution in [0.2, 0.25) is 0 Å². The van der Waals surface area contributed by atoms with Gasteiger partial charge in [-0.05, 0) is 29.8 Å². The SMILES string of the molecule is CCOC(=O)c1ccsc1NC(=O)Cc1csc(NC(=O)c2cccs2)n1. The van der Waals surface area contributed by atoms with Crippen LogP contribution in [0.15, 0.2) is 34.3 Å². The molecular weight excluding hydrogens is 406 g/mol. The molecule has 3 aromatic heterocycles. The molecule has 0 aliphatic carbocycles. The second-order valence-corrected chi connectivity index (χ2v) is 7.91. The molecule has 0 aliphatic heterocycles. The van der Waals surface area contributed by atoms with Crippen molar-refractivity contribution in [2.75, 3.05) is 17.2 Å². The van der Waals surface area contributed by atoms with Crippen LogP contribution in [0.5, 0.6) is 0 Å². The topological polar surface area (TPSA) is 97.4 Å². The van der Waals surface area contributed by atoms with Gasteiger partial charge in [-0.25, -0.2) is 9.78 Å². The predicted octanol–water partition coefficient (Wildman–Crippen LogP) is 3.88. The lowest BCUT2D eigenvalue weighted by Gasteiger charge is -2.05. The maximum atomic E-state index is 12.3. The molecule has 0 spiro atoms. The lowest BCUT2D eigenvalue weighted by atomic mass is 10.3. The van der Waals surface area contributed by atoms with Gasteiger partial charge in [-0.15, -0.1) is 34.0 Å². The number of nitrogens with zero attached hydrogens (tertiary/aromatic N) is 1. The first-order valence-electron chi connectivity index (χ1n) is 7.90. The number of esters is 1. The summed E-state index contributed by atoms with van der Waals surface area (Å²) in [5.41, 5.74) is 0.866. The van der Waals surface area contributed by atoms with E-state index in [0.717, 1.165) is 0 Å². The zero-order chi connectivity index (χ0) is 19.2. The molecule has 2 N–H and O–H groups in total. The number of ether oxygens (including phenoxy) is 1. The minimum absolute atomic E-state index is 0.0333. The van der Waals surface area contributed by atoms with E-state index in [9.17, 15) is 14.4 Å². The molecule has 0 saturated heterocycles. The van der Waals surface area contributed by atoms with Crippen molar-refractivity contribution in [1.29, 1.82) is 0 Å². The van der Waals surface area contributed by atoms with Gasteiger partial charge in [-0.3, -0.25) is 14.9 Å². The van der Waals surface area contributed by atoms with Crippen molar-refractivity contribution >= 4 is 61.9 Å². The van der Waals surface area contributed by atoms with E-state index in [1.165, 1.54) is 34.0 Å². The summed E-state index contributed by atoms with van der Waals surface area (Å²) in [6.07, 6.45) is 0.0333. The molecule has 10 heteroatoms. The molecule has 0 unspecified atom stereocenters. The Hall–Kier alpha value is -2.56.